The molecule has 1 aliphatic rings. The average molecular weight is 249 g/mol. The Labute approximate surface area is 104 Å². The monoisotopic (exact) mass is 249 g/mol. The van der Waals surface area contributed by atoms with Crippen LogP contribution < -0.4 is 10.6 Å². The number of carboxylic acid groups (broad SMARTS) is 1. The first kappa shape index (κ1) is 12.3. The van der Waals surface area contributed by atoms with E-state index in [0.717, 1.165) is 12.8 Å². The van der Waals surface area contributed by atoms with Crippen LogP contribution in [0, 0.1) is 5.92 Å². The fourth-order valence-corrected chi connectivity index (χ4v) is 1.58. The highest BCUT2D eigenvalue weighted by Crippen LogP contribution is 2.28. The Balaban J connectivity index is 1.79. The van der Waals surface area contributed by atoms with Gasteiger partial charge in [-0.1, -0.05) is 0 Å². The van der Waals surface area contributed by atoms with E-state index >= 15 is 0 Å². The van der Waals surface area contributed by atoms with Crippen LogP contribution in [-0.4, -0.2) is 35.1 Å². The zero-order valence-corrected chi connectivity index (χ0v) is 9.85. The third-order valence-electron chi connectivity index (χ3n) is 2.70. The molecule has 96 valence electrons. The van der Waals surface area contributed by atoms with E-state index in [1.54, 1.807) is 6.07 Å². The van der Waals surface area contributed by atoms with Gasteiger partial charge in [0.05, 0.1) is 0 Å². The molecular formula is C12H15N3O3. The van der Waals surface area contributed by atoms with Crippen molar-refractivity contribution in [1.29, 1.82) is 0 Å². The van der Waals surface area contributed by atoms with Crippen molar-refractivity contribution < 1.29 is 14.7 Å². The zero-order chi connectivity index (χ0) is 13.0. The van der Waals surface area contributed by atoms with Gasteiger partial charge in [-0.25, -0.2) is 9.78 Å². The molecule has 0 aliphatic heterocycles. The molecule has 1 saturated carbocycles. The van der Waals surface area contributed by atoms with Gasteiger partial charge in [-0.15, -0.1) is 0 Å². The van der Waals surface area contributed by atoms with Crippen LogP contribution in [0.5, 0.6) is 0 Å². The molecule has 6 nitrogen and oxygen atoms in total. The Kier molecular flexibility index (Phi) is 3.76. The van der Waals surface area contributed by atoms with Crippen molar-refractivity contribution in [3.8, 4) is 0 Å². The van der Waals surface area contributed by atoms with E-state index in [1.165, 1.54) is 12.3 Å². The number of hydrogen-bond acceptors (Lipinski definition) is 4. The third-order valence-corrected chi connectivity index (χ3v) is 2.70. The highest BCUT2D eigenvalue weighted by molar-refractivity contribution is 5.92. The van der Waals surface area contributed by atoms with Crippen LogP contribution in [-0.2, 0) is 4.79 Å². The van der Waals surface area contributed by atoms with Crippen molar-refractivity contribution in [2.45, 2.75) is 12.8 Å². The highest BCUT2D eigenvalue weighted by atomic mass is 16.4. The number of pyridine rings is 1. The highest BCUT2D eigenvalue weighted by Gasteiger charge is 2.28. The summed E-state index contributed by atoms with van der Waals surface area (Å²) < 4.78 is 0. The molecule has 0 radical (unpaired) electrons. The van der Waals surface area contributed by atoms with Gasteiger partial charge in [-0.2, -0.15) is 0 Å². The van der Waals surface area contributed by atoms with Gasteiger partial charge < -0.3 is 15.7 Å². The Hall–Kier alpha value is -2.11. The van der Waals surface area contributed by atoms with Gasteiger partial charge in [0.15, 0.2) is 0 Å². The minimum Gasteiger partial charge on any atom is -0.478 e. The number of rotatable bonds is 6. The van der Waals surface area contributed by atoms with Gasteiger partial charge in [0.25, 0.3) is 0 Å². The normalized spacial score (nSPS) is 14.0. The number of carboxylic acids is 1. The van der Waals surface area contributed by atoms with Crippen molar-refractivity contribution in [2.75, 3.05) is 18.4 Å². The molecule has 1 aromatic heterocycles. The molecule has 18 heavy (non-hydrogen) atoms. The lowest BCUT2D eigenvalue weighted by Gasteiger charge is -2.08. The van der Waals surface area contributed by atoms with Crippen LogP contribution in [0.4, 0.5) is 5.82 Å². The Bertz CT molecular complexity index is 458. The molecule has 1 heterocycles. The molecule has 1 aromatic rings. The fraction of sp³-hybridized carbons (Fsp3) is 0.417. The van der Waals surface area contributed by atoms with Crippen molar-refractivity contribution in [3.63, 3.8) is 0 Å². The average Bonchev–Trinajstić information content (AvgIpc) is 3.19. The van der Waals surface area contributed by atoms with E-state index in [9.17, 15) is 9.59 Å². The van der Waals surface area contributed by atoms with Crippen LogP contribution in [0.2, 0.25) is 0 Å². The van der Waals surface area contributed by atoms with E-state index in [1.807, 2.05) is 0 Å². The SMILES string of the molecule is O=C(O)c1cccnc1NCCNC(=O)C1CC1. The predicted molar refractivity (Wildman–Crippen MR) is 65.4 cm³/mol. The molecule has 0 saturated heterocycles. The number of nitrogens with zero attached hydrogens (tertiary/aromatic N) is 1. The maximum atomic E-state index is 11.3. The number of carbonyl (C=O) groups is 2. The number of hydrogen-bond donors (Lipinski definition) is 3. The summed E-state index contributed by atoms with van der Waals surface area (Å²) in [6.45, 7) is 0.917. The number of aromatic carboxylic acids is 1. The van der Waals surface area contributed by atoms with E-state index in [0.29, 0.717) is 18.9 Å². The molecule has 1 fully saturated rings. The quantitative estimate of drug-likeness (QED) is 0.646. The second-order valence-electron chi connectivity index (χ2n) is 4.20. The lowest BCUT2D eigenvalue weighted by molar-refractivity contribution is -0.122. The molecule has 0 atom stereocenters. The summed E-state index contributed by atoms with van der Waals surface area (Å²) in [7, 11) is 0. The largest absolute Gasteiger partial charge is 0.478 e. The van der Waals surface area contributed by atoms with Crippen LogP contribution in [0.25, 0.3) is 0 Å². The van der Waals surface area contributed by atoms with Crippen LogP contribution in [0.15, 0.2) is 18.3 Å². The van der Waals surface area contributed by atoms with Crippen LogP contribution in [0.3, 0.4) is 0 Å². The zero-order valence-electron chi connectivity index (χ0n) is 9.85. The van der Waals surface area contributed by atoms with Crippen LogP contribution in [0.1, 0.15) is 23.2 Å². The maximum Gasteiger partial charge on any atom is 0.339 e. The summed E-state index contributed by atoms with van der Waals surface area (Å²) in [4.78, 5) is 26.2. The van der Waals surface area contributed by atoms with Crippen molar-refractivity contribution >= 4 is 17.7 Å². The minimum absolute atomic E-state index is 0.0799. The molecule has 3 N–H and O–H groups in total. The Morgan fingerprint density at radius 3 is 2.83 bits per heavy atom. The molecule has 0 spiro atoms. The summed E-state index contributed by atoms with van der Waals surface area (Å²) >= 11 is 0. The summed E-state index contributed by atoms with van der Waals surface area (Å²) in [5.41, 5.74) is 0.131. The number of amides is 1. The standard InChI is InChI=1S/C12H15N3O3/c16-11(8-3-4-8)15-7-6-14-10-9(12(17)18)2-1-5-13-10/h1-2,5,8H,3-4,6-7H2,(H,13,14)(H,15,16)(H,17,18). The van der Waals surface area contributed by atoms with Gasteiger partial charge in [-0.3, -0.25) is 4.79 Å². The smallest absolute Gasteiger partial charge is 0.339 e. The van der Waals surface area contributed by atoms with Crippen molar-refractivity contribution in [3.05, 3.63) is 23.9 Å². The number of aromatic nitrogens is 1. The summed E-state index contributed by atoms with van der Waals surface area (Å²) in [5, 5.41) is 14.6. The second kappa shape index (κ2) is 5.48. The lowest BCUT2D eigenvalue weighted by Crippen LogP contribution is -2.30. The molecule has 1 amide bonds. The molecule has 0 unspecified atom stereocenters. The topological polar surface area (TPSA) is 91.3 Å². The summed E-state index contributed by atoms with van der Waals surface area (Å²) in [5.74, 6) is -0.427. The van der Waals surface area contributed by atoms with E-state index in [2.05, 4.69) is 15.6 Å². The van der Waals surface area contributed by atoms with E-state index in [-0.39, 0.29) is 17.4 Å². The summed E-state index contributed by atoms with van der Waals surface area (Å²) in [6.07, 6.45) is 3.48. The number of anilines is 1. The number of carbonyl (C=O) groups excluding carboxylic acids is 1. The fourth-order valence-electron chi connectivity index (χ4n) is 1.58. The van der Waals surface area contributed by atoms with E-state index in [4.69, 9.17) is 5.11 Å². The first-order chi connectivity index (χ1) is 8.68. The second-order valence-corrected chi connectivity index (χ2v) is 4.20. The molecule has 2 rings (SSSR count). The molecule has 6 heteroatoms. The number of nitrogens with one attached hydrogen (secondary N) is 2. The van der Waals surface area contributed by atoms with Gasteiger partial charge in [0.2, 0.25) is 5.91 Å². The first-order valence-electron chi connectivity index (χ1n) is 5.88. The predicted octanol–water partition coefficient (Wildman–Crippen LogP) is 0.718. The van der Waals surface area contributed by atoms with Crippen molar-refractivity contribution in [2.24, 2.45) is 5.92 Å². The molecule has 0 aromatic carbocycles. The molecule has 0 bridgehead atoms. The minimum atomic E-state index is -1.02. The van der Waals surface area contributed by atoms with E-state index < -0.39 is 5.97 Å². The molecule has 1 aliphatic carbocycles. The van der Waals surface area contributed by atoms with Gasteiger partial charge >= 0.3 is 5.97 Å². The summed E-state index contributed by atoms with van der Waals surface area (Å²) in [6, 6.07) is 3.06. The van der Waals surface area contributed by atoms with Gasteiger partial charge in [0.1, 0.15) is 11.4 Å². The third kappa shape index (κ3) is 3.19. The molecular weight excluding hydrogens is 234 g/mol. The maximum absolute atomic E-state index is 11.3. The lowest BCUT2D eigenvalue weighted by atomic mass is 10.2. The van der Waals surface area contributed by atoms with Gasteiger partial charge in [0, 0.05) is 25.2 Å². The first-order valence-corrected chi connectivity index (χ1v) is 5.88. The Morgan fingerprint density at radius 1 is 1.39 bits per heavy atom. The van der Waals surface area contributed by atoms with Crippen LogP contribution >= 0.6 is 0 Å². The van der Waals surface area contributed by atoms with Crippen molar-refractivity contribution in [1.82, 2.24) is 10.3 Å². The van der Waals surface area contributed by atoms with Gasteiger partial charge in [-0.05, 0) is 25.0 Å². The Morgan fingerprint density at radius 2 is 2.17 bits per heavy atom.